The second kappa shape index (κ2) is 15.1. The molecule has 4 aromatic rings. The maximum absolute atomic E-state index is 14.2. The first kappa shape index (κ1) is 37.6. The first-order valence-corrected chi connectivity index (χ1v) is 17.9. The minimum atomic E-state index is -0.966. The van der Waals surface area contributed by atoms with Gasteiger partial charge in [0, 0.05) is 0 Å². The van der Waals surface area contributed by atoms with Gasteiger partial charge in [0.2, 0.25) is 5.76 Å². The van der Waals surface area contributed by atoms with Gasteiger partial charge in [0.1, 0.15) is 4.49 Å². The predicted molar refractivity (Wildman–Crippen MR) is 196 cm³/mol. The summed E-state index contributed by atoms with van der Waals surface area (Å²) in [5, 5.41) is 0. The van der Waals surface area contributed by atoms with Crippen LogP contribution < -0.4 is 33.8 Å². The number of aromatic nitrogens is 1. The Labute approximate surface area is 317 Å². The summed E-state index contributed by atoms with van der Waals surface area (Å²) in [4.78, 5) is 58.3. The zero-order valence-corrected chi connectivity index (χ0v) is 31.8. The summed E-state index contributed by atoms with van der Waals surface area (Å²) in [5.41, 5.74) is 0.773. The molecule has 12 nitrogen and oxygen atoms in total. The molecule has 0 radical (unpaired) electrons. The topological polar surface area (TPSA) is 145 Å². The molecule has 0 bridgehead atoms. The molecule has 53 heavy (non-hydrogen) atoms. The number of carbonyl (C=O) groups is 3. The van der Waals surface area contributed by atoms with Crippen LogP contribution in [0.25, 0.3) is 6.08 Å². The molecule has 6 rings (SSSR count). The van der Waals surface area contributed by atoms with Gasteiger partial charge in [-0.3, -0.25) is 14.2 Å². The summed E-state index contributed by atoms with van der Waals surface area (Å²) in [7, 11) is 2.85. The van der Waals surface area contributed by atoms with Gasteiger partial charge in [-0.25, -0.2) is 14.6 Å². The first-order chi connectivity index (χ1) is 25.3. The molecule has 0 N–H and O–H groups in total. The Kier molecular flexibility index (Phi) is 10.7. The molecule has 0 spiro atoms. The number of rotatable bonds is 11. The van der Waals surface area contributed by atoms with Crippen molar-refractivity contribution in [1.29, 1.82) is 0 Å². The number of ether oxygens (including phenoxy) is 5. The largest absolute Gasteiger partial charge is 0.493 e. The number of esters is 3. The van der Waals surface area contributed by atoms with Gasteiger partial charge in [0.25, 0.3) is 5.56 Å². The van der Waals surface area contributed by atoms with Gasteiger partial charge in [-0.05, 0) is 84.9 Å². The van der Waals surface area contributed by atoms with Crippen LogP contribution in [0.1, 0.15) is 55.4 Å². The van der Waals surface area contributed by atoms with Crippen LogP contribution in [0.5, 0.6) is 23.0 Å². The second-order valence-electron chi connectivity index (χ2n) is 12.7. The highest BCUT2D eigenvalue weighted by molar-refractivity contribution is 7.07. The number of fused-ring (bicyclic) bond motifs is 1. The van der Waals surface area contributed by atoms with Crippen LogP contribution in [0.15, 0.2) is 90.8 Å². The molecule has 1 fully saturated rings. The highest BCUT2D eigenvalue weighted by Gasteiger charge is 2.61. The minimum Gasteiger partial charge on any atom is -0.493 e. The molecule has 2 aromatic heterocycles. The van der Waals surface area contributed by atoms with E-state index in [9.17, 15) is 19.2 Å². The number of nitrogens with zero attached hydrogens (tertiary/aromatic N) is 2. The third-order valence-electron chi connectivity index (χ3n) is 9.11. The Hall–Kier alpha value is -5.11. The zero-order chi connectivity index (χ0) is 38.2. The van der Waals surface area contributed by atoms with E-state index in [1.165, 1.54) is 37.2 Å². The van der Waals surface area contributed by atoms with Crippen molar-refractivity contribution in [3.8, 4) is 23.0 Å². The molecule has 276 valence electrons. The van der Waals surface area contributed by atoms with E-state index in [1.54, 1.807) is 62.4 Å². The van der Waals surface area contributed by atoms with Gasteiger partial charge in [-0.15, -0.1) is 0 Å². The van der Waals surface area contributed by atoms with Crippen molar-refractivity contribution in [3.63, 3.8) is 0 Å². The van der Waals surface area contributed by atoms with Crippen LogP contribution in [-0.4, -0.2) is 43.3 Å². The maximum Gasteiger partial charge on any atom is 0.379 e. The highest BCUT2D eigenvalue weighted by Crippen LogP contribution is 2.60. The van der Waals surface area contributed by atoms with Crippen molar-refractivity contribution in [2.75, 3.05) is 20.8 Å². The van der Waals surface area contributed by atoms with E-state index < -0.39 is 35.4 Å². The van der Waals surface area contributed by atoms with Crippen LogP contribution in [0.2, 0.25) is 0 Å². The Morgan fingerprint density at radius 1 is 0.981 bits per heavy atom. The quantitative estimate of drug-likeness (QED) is 0.129. The summed E-state index contributed by atoms with van der Waals surface area (Å²) in [6, 6.07) is 11.7. The molecule has 1 aliphatic heterocycles. The fourth-order valence-corrected chi connectivity index (χ4v) is 7.66. The van der Waals surface area contributed by atoms with Crippen LogP contribution in [0, 0.1) is 17.3 Å². The molecule has 0 amide bonds. The van der Waals surface area contributed by atoms with Crippen molar-refractivity contribution in [2.24, 2.45) is 22.2 Å². The molecule has 0 unspecified atom stereocenters. The summed E-state index contributed by atoms with van der Waals surface area (Å²) in [5.74, 6) is -1.66. The van der Waals surface area contributed by atoms with Crippen LogP contribution in [0.3, 0.4) is 0 Å². The lowest BCUT2D eigenvalue weighted by Crippen LogP contribution is -2.40. The van der Waals surface area contributed by atoms with Gasteiger partial charge in [0.15, 0.2) is 27.8 Å². The molecule has 0 saturated heterocycles. The van der Waals surface area contributed by atoms with E-state index in [-0.39, 0.29) is 56.8 Å². The summed E-state index contributed by atoms with van der Waals surface area (Å²) in [6.45, 7) is 7.32. The van der Waals surface area contributed by atoms with Crippen LogP contribution >= 0.6 is 34.5 Å². The van der Waals surface area contributed by atoms with Gasteiger partial charge < -0.3 is 28.1 Å². The normalized spacial score (nSPS) is 18.7. The third-order valence-corrected chi connectivity index (χ3v) is 10.3. The number of benzene rings is 2. The number of hydrogen-bond acceptors (Lipinski definition) is 12. The number of furan rings is 1. The van der Waals surface area contributed by atoms with Gasteiger partial charge in [0.05, 0.1) is 54.9 Å². The van der Waals surface area contributed by atoms with Gasteiger partial charge in [-0.2, -0.15) is 0 Å². The van der Waals surface area contributed by atoms with Crippen LogP contribution in [0.4, 0.5) is 0 Å². The maximum atomic E-state index is 14.2. The molecule has 1 saturated carbocycles. The molecular formula is C38H34Cl2N2O10S. The average molecular weight is 782 g/mol. The third kappa shape index (κ3) is 7.41. The van der Waals surface area contributed by atoms with E-state index in [4.69, 9.17) is 51.3 Å². The Morgan fingerprint density at radius 3 is 2.34 bits per heavy atom. The lowest BCUT2D eigenvalue weighted by atomic mass is 9.95. The van der Waals surface area contributed by atoms with E-state index in [2.05, 4.69) is 4.99 Å². The predicted octanol–water partition coefficient (Wildman–Crippen LogP) is 6.12. The number of methoxy groups -OCH3 is 2. The minimum absolute atomic E-state index is 0.00153. The van der Waals surface area contributed by atoms with Crippen molar-refractivity contribution >= 4 is 58.5 Å². The average Bonchev–Trinajstić information content (AvgIpc) is 3.47. The lowest BCUT2D eigenvalue weighted by molar-refractivity contribution is -0.139. The van der Waals surface area contributed by atoms with Crippen molar-refractivity contribution in [2.45, 2.75) is 33.7 Å². The van der Waals surface area contributed by atoms with E-state index >= 15 is 0 Å². The Balaban J connectivity index is 1.36. The summed E-state index contributed by atoms with van der Waals surface area (Å²) < 4.78 is 34.7. The van der Waals surface area contributed by atoms with Crippen molar-refractivity contribution in [1.82, 2.24) is 4.57 Å². The number of carbonyl (C=O) groups excluding carboxylic acids is 3. The van der Waals surface area contributed by atoms with Gasteiger partial charge in [-0.1, -0.05) is 60.5 Å². The molecule has 2 aliphatic rings. The van der Waals surface area contributed by atoms with E-state index in [0.29, 0.717) is 26.2 Å². The van der Waals surface area contributed by atoms with Crippen LogP contribution in [-0.2, 0) is 14.3 Å². The standard InChI is InChI=1S/C38H34Cl2N2O10S/c1-7-49-35(45)30-19(2)41-37-42(32(30)21-11-13-24(27(17-21)48-6)51-34(44)25-9-8-14-50-25)33(43)28(53-37)16-20-10-12-23(26(15-20)47-5)52-36(46)31-22(18-29(39)40)38(31,3)4/h8-18,22,31-32H,7H2,1-6H3/b28-16+/t22-,31+,32+/m0/s1. The van der Waals surface area contributed by atoms with Gasteiger partial charge >= 0.3 is 17.9 Å². The van der Waals surface area contributed by atoms with Crippen molar-refractivity contribution in [3.05, 3.63) is 113 Å². The fraction of sp³-hybridized carbons (Fsp3) is 0.289. The summed E-state index contributed by atoms with van der Waals surface area (Å²) in [6.07, 6.45) is 4.65. The number of hydrogen-bond donors (Lipinski definition) is 0. The molecule has 3 heterocycles. The smallest absolute Gasteiger partial charge is 0.379 e. The number of halogens is 2. The molecule has 15 heteroatoms. The zero-order valence-electron chi connectivity index (χ0n) is 29.4. The molecule has 3 atom stereocenters. The SMILES string of the molecule is CCOC(=O)C1=C(C)N=c2s/c(=C/c3ccc(OC(=O)[C@H]4[C@H](C=C(Cl)Cl)C4(C)C)c(OC)c3)c(=O)n2[C@@H]1c1ccc(OC(=O)c2ccco2)c(OC)c1. The number of allylic oxidation sites excluding steroid dienone is 2. The Bertz CT molecular complexity index is 2350. The van der Waals surface area contributed by atoms with E-state index in [0.717, 1.165) is 11.3 Å². The highest BCUT2D eigenvalue weighted by atomic mass is 35.5. The molecule has 1 aliphatic carbocycles. The monoisotopic (exact) mass is 780 g/mol. The fourth-order valence-electron chi connectivity index (χ4n) is 6.35. The number of thiazole rings is 1. The lowest BCUT2D eigenvalue weighted by Gasteiger charge is -2.25. The molecular weight excluding hydrogens is 747 g/mol. The van der Waals surface area contributed by atoms with E-state index in [1.807, 2.05) is 13.8 Å². The Morgan fingerprint density at radius 2 is 1.68 bits per heavy atom. The summed E-state index contributed by atoms with van der Waals surface area (Å²) >= 11 is 12.8. The second-order valence-corrected chi connectivity index (χ2v) is 14.7. The van der Waals surface area contributed by atoms with Crippen molar-refractivity contribution < 1.29 is 42.5 Å². The first-order valence-electron chi connectivity index (χ1n) is 16.3. The molecule has 2 aromatic carbocycles.